The minimum absolute atomic E-state index is 0.0693. The Bertz CT molecular complexity index is 1440. The summed E-state index contributed by atoms with van der Waals surface area (Å²) in [4.78, 5) is 28.4. The van der Waals surface area contributed by atoms with Crippen LogP contribution < -0.4 is 14.4 Å². The average Bonchev–Trinajstić information content (AvgIpc) is 3.11. The number of aliphatic hydroxyl groups excluding tert-OH is 1. The van der Waals surface area contributed by atoms with Gasteiger partial charge in [-0.1, -0.05) is 17.7 Å². The van der Waals surface area contributed by atoms with Crippen LogP contribution in [0, 0.1) is 20.8 Å². The number of phenolic OH excluding ortho intramolecular Hbond substituents is 1. The van der Waals surface area contributed by atoms with Gasteiger partial charge in [-0.2, -0.15) is 0 Å². The van der Waals surface area contributed by atoms with Crippen LogP contribution in [0.4, 0.5) is 5.69 Å². The minimum Gasteiger partial charge on any atom is -0.507 e. The molecule has 0 spiro atoms. The molecule has 192 valence electrons. The van der Waals surface area contributed by atoms with Gasteiger partial charge in [-0.25, -0.2) is 0 Å². The predicted octanol–water partition coefficient (Wildman–Crippen LogP) is 6.00. The normalized spacial score (nSPS) is 16.8. The molecule has 1 aliphatic heterocycles. The van der Waals surface area contributed by atoms with Gasteiger partial charge in [0.2, 0.25) is 0 Å². The number of phenols is 1. The molecule has 3 aromatic rings. The lowest BCUT2D eigenvalue weighted by Gasteiger charge is -2.27. The first-order chi connectivity index (χ1) is 17.6. The molecule has 37 heavy (non-hydrogen) atoms. The van der Waals surface area contributed by atoms with E-state index in [0.717, 1.165) is 5.56 Å². The Morgan fingerprint density at radius 1 is 0.973 bits per heavy atom. The van der Waals surface area contributed by atoms with Gasteiger partial charge in [0.1, 0.15) is 11.5 Å². The number of ketones is 1. The lowest BCUT2D eigenvalue weighted by molar-refractivity contribution is -0.132. The zero-order valence-electron chi connectivity index (χ0n) is 21.3. The number of anilines is 1. The van der Waals surface area contributed by atoms with Gasteiger partial charge in [-0.15, -0.1) is 0 Å². The molecule has 0 aromatic heterocycles. The van der Waals surface area contributed by atoms with Crippen LogP contribution in [0.15, 0.2) is 54.1 Å². The summed E-state index contributed by atoms with van der Waals surface area (Å²) in [5.41, 5.74) is 3.42. The topological polar surface area (TPSA) is 96.3 Å². The van der Waals surface area contributed by atoms with E-state index in [2.05, 4.69) is 0 Å². The number of benzene rings is 3. The van der Waals surface area contributed by atoms with Crippen LogP contribution in [0.5, 0.6) is 17.2 Å². The lowest BCUT2D eigenvalue weighted by Crippen LogP contribution is -2.30. The van der Waals surface area contributed by atoms with Crippen molar-refractivity contribution in [2.45, 2.75) is 33.7 Å². The van der Waals surface area contributed by atoms with E-state index < -0.39 is 17.7 Å². The quantitative estimate of drug-likeness (QED) is 0.234. The number of methoxy groups -OCH3 is 1. The zero-order chi connectivity index (χ0) is 27.0. The third kappa shape index (κ3) is 4.62. The number of rotatable bonds is 6. The van der Waals surface area contributed by atoms with Crippen molar-refractivity contribution < 1.29 is 29.3 Å². The fourth-order valence-corrected chi connectivity index (χ4v) is 4.89. The number of aliphatic hydroxyl groups is 1. The highest BCUT2D eigenvalue weighted by Gasteiger charge is 2.47. The number of hydrogen-bond donors (Lipinski definition) is 2. The molecule has 3 aromatic carbocycles. The van der Waals surface area contributed by atoms with Crippen molar-refractivity contribution in [2.75, 3.05) is 18.6 Å². The monoisotopic (exact) mass is 521 g/mol. The smallest absolute Gasteiger partial charge is 0.300 e. The highest BCUT2D eigenvalue weighted by atomic mass is 35.5. The summed E-state index contributed by atoms with van der Waals surface area (Å²) in [7, 11) is 1.56. The molecule has 7 nitrogen and oxygen atoms in total. The van der Waals surface area contributed by atoms with E-state index in [1.165, 1.54) is 11.0 Å². The first-order valence-corrected chi connectivity index (χ1v) is 12.1. The van der Waals surface area contributed by atoms with Crippen LogP contribution in [-0.2, 0) is 9.59 Å². The second-order valence-electron chi connectivity index (χ2n) is 8.90. The van der Waals surface area contributed by atoms with E-state index in [1.807, 2.05) is 6.92 Å². The Kier molecular flexibility index (Phi) is 7.18. The molecule has 0 radical (unpaired) electrons. The van der Waals surface area contributed by atoms with Crippen molar-refractivity contribution in [1.29, 1.82) is 0 Å². The van der Waals surface area contributed by atoms with Crippen molar-refractivity contribution in [2.24, 2.45) is 0 Å². The van der Waals surface area contributed by atoms with Crippen molar-refractivity contribution >= 4 is 34.7 Å². The van der Waals surface area contributed by atoms with Crippen LogP contribution in [0.25, 0.3) is 5.76 Å². The number of amides is 1. The Morgan fingerprint density at radius 2 is 1.70 bits per heavy atom. The number of ether oxygens (including phenoxy) is 2. The summed E-state index contributed by atoms with van der Waals surface area (Å²) in [5, 5.41) is 22.3. The Labute approximate surface area is 220 Å². The molecule has 1 amide bonds. The number of aryl methyl sites for hydroxylation is 3. The van der Waals surface area contributed by atoms with Crippen molar-refractivity contribution in [3.8, 4) is 17.2 Å². The maximum atomic E-state index is 13.5. The summed E-state index contributed by atoms with van der Waals surface area (Å²) in [5.74, 6) is -1.14. The second-order valence-corrected chi connectivity index (χ2v) is 9.33. The number of aromatic hydroxyl groups is 1. The standard InChI is InChI=1S/C29H28ClNO6/c1-6-37-24-14-18(7-10-22(24)32)26-25(27(33)20-12-17(4)23(36-5)13-15(20)2)28(34)29(35)31(26)21-9-8-19(30)11-16(21)3/h7-14,26,32-33H,6H2,1-5H3/b27-25+. The van der Waals surface area contributed by atoms with Crippen LogP contribution in [0.2, 0.25) is 5.02 Å². The van der Waals surface area contributed by atoms with Gasteiger partial charge in [0, 0.05) is 16.3 Å². The maximum Gasteiger partial charge on any atom is 0.300 e. The second kappa shape index (κ2) is 10.2. The molecule has 1 unspecified atom stereocenters. The molecule has 2 N–H and O–H groups in total. The van der Waals surface area contributed by atoms with Gasteiger partial charge in [0.05, 0.1) is 25.3 Å². The van der Waals surface area contributed by atoms with Crippen molar-refractivity contribution in [3.63, 3.8) is 0 Å². The Morgan fingerprint density at radius 3 is 2.35 bits per heavy atom. The van der Waals surface area contributed by atoms with Crippen LogP contribution >= 0.6 is 11.6 Å². The third-order valence-electron chi connectivity index (χ3n) is 6.46. The Hall–Kier alpha value is -3.97. The molecule has 0 saturated carbocycles. The summed E-state index contributed by atoms with van der Waals surface area (Å²) in [6.45, 7) is 7.49. The van der Waals surface area contributed by atoms with Crippen LogP contribution in [-0.4, -0.2) is 35.6 Å². The fraction of sp³-hybridized carbons (Fsp3) is 0.241. The molecule has 4 rings (SSSR count). The van der Waals surface area contributed by atoms with E-state index in [4.69, 9.17) is 21.1 Å². The summed E-state index contributed by atoms with van der Waals surface area (Å²) >= 11 is 6.16. The van der Waals surface area contributed by atoms with Gasteiger partial charge in [-0.05, 0) is 92.4 Å². The van der Waals surface area contributed by atoms with E-state index in [-0.39, 0.29) is 22.8 Å². The van der Waals surface area contributed by atoms with Crippen LogP contribution in [0.1, 0.15) is 40.8 Å². The Balaban J connectivity index is 2.01. The number of carbonyl (C=O) groups excluding carboxylic acids is 2. The highest BCUT2D eigenvalue weighted by Crippen LogP contribution is 2.45. The number of carbonyl (C=O) groups is 2. The molecule has 1 heterocycles. The van der Waals surface area contributed by atoms with Crippen LogP contribution in [0.3, 0.4) is 0 Å². The molecular weight excluding hydrogens is 494 g/mol. The number of nitrogens with zero attached hydrogens (tertiary/aromatic N) is 1. The van der Waals surface area contributed by atoms with E-state index in [0.29, 0.717) is 45.3 Å². The molecule has 1 saturated heterocycles. The van der Waals surface area contributed by atoms with Gasteiger partial charge in [0.25, 0.3) is 11.7 Å². The van der Waals surface area contributed by atoms with Gasteiger partial charge in [-0.3, -0.25) is 14.5 Å². The highest BCUT2D eigenvalue weighted by molar-refractivity contribution is 6.52. The maximum absolute atomic E-state index is 13.5. The van der Waals surface area contributed by atoms with Crippen molar-refractivity contribution in [1.82, 2.24) is 0 Å². The van der Waals surface area contributed by atoms with Gasteiger partial charge >= 0.3 is 0 Å². The van der Waals surface area contributed by atoms with E-state index in [1.54, 1.807) is 70.3 Å². The molecule has 0 bridgehead atoms. The van der Waals surface area contributed by atoms with E-state index in [9.17, 15) is 19.8 Å². The average molecular weight is 522 g/mol. The first-order valence-electron chi connectivity index (χ1n) is 11.8. The summed E-state index contributed by atoms with van der Waals surface area (Å²) in [6, 6.07) is 12.1. The molecule has 1 atom stereocenters. The number of Topliss-reactive ketones (excluding diaryl/α,β-unsaturated/α-hetero) is 1. The number of halogens is 1. The first kappa shape index (κ1) is 26.1. The SMILES string of the molecule is CCOc1cc(C2/C(=C(\O)c3cc(C)c(OC)cc3C)C(=O)C(=O)N2c2ccc(Cl)cc2C)ccc1O. The molecule has 0 aliphatic carbocycles. The lowest BCUT2D eigenvalue weighted by atomic mass is 9.92. The van der Waals surface area contributed by atoms with Gasteiger partial charge in [0.15, 0.2) is 11.5 Å². The molecule has 8 heteroatoms. The predicted molar refractivity (Wildman–Crippen MR) is 143 cm³/mol. The molecule has 1 aliphatic rings. The van der Waals surface area contributed by atoms with E-state index >= 15 is 0 Å². The number of hydrogen-bond acceptors (Lipinski definition) is 6. The molecular formula is C29H28ClNO6. The minimum atomic E-state index is -0.985. The largest absolute Gasteiger partial charge is 0.507 e. The van der Waals surface area contributed by atoms with Crippen molar-refractivity contribution in [3.05, 3.63) is 86.9 Å². The van der Waals surface area contributed by atoms with Gasteiger partial charge < -0.3 is 19.7 Å². The summed E-state index contributed by atoms with van der Waals surface area (Å²) < 4.78 is 10.9. The zero-order valence-corrected chi connectivity index (χ0v) is 22.0. The fourth-order valence-electron chi connectivity index (χ4n) is 4.67. The molecule has 1 fully saturated rings. The summed E-state index contributed by atoms with van der Waals surface area (Å²) in [6.07, 6.45) is 0. The third-order valence-corrected chi connectivity index (χ3v) is 6.69.